The van der Waals surface area contributed by atoms with Crippen molar-refractivity contribution in [2.45, 2.75) is 13.8 Å². The third-order valence-corrected chi connectivity index (χ3v) is 2.16. The molecule has 0 atom stereocenters. The molecule has 0 aromatic heterocycles. The van der Waals surface area contributed by atoms with E-state index >= 15 is 0 Å². The molecule has 1 rings (SSSR count). The minimum Gasteiger partial charge on any atom is -0.478 e. The van der Waals surface area contributed by atoms with Crippen molar-refractivity contribution < 1.29 is 9.90 Å². The number of benzene rings is 1. The average Bonchev–Trinajstić information content (AvgIpc) is 2.21. The van der Waals surface area contributed by atoms with Gasteiger partial charge in [-0.25, -0.2) is 4.79 Å². The highest BCUT2D eigenvalue weighted by molar-refractivity contribution is 5.80. The van der Waals surface area contributed by atoms with Gasteiger partial charge in [0.2, 0.25) is 0 Å². The van der Waals surface area contributed by atoms with E-state index in [1.54, 1.807) is 6.20 Å². The fourth-order valence-electron chi connectivity index (χ4n) is 1.40. The summed E-state index contributed by atoms with van der Waals surface area (Å²) in [7, 11) is 0. The van der Waals surface area contributed by atoms with Crippen LogP contribution in [-0.2, 0) is 4.79 Å². The van der Waals surface area contributed by atoms with Gasteiger partial charge in [0.1, 0.15) is 0 Å². The van der Waals surface area contributed by atoms with Crippen molar-refractivity contribution in [3.05, 3.63) is 42.1 Å². The molecule has 1 aromatic carbocycles. The van der Waals surface area contributed by atoms with Crippen LogP contribution in [0.1, 0.15) is 12.5 Å². The third-order valence-electron chi connectivity index (χ3n) is 2.16. The summed E-state index contributed by atoms with van der Waals surface area (Å²) in [5, 5.41) is 8.56. The number of hydrogen-bond donors (Lipinski definition) is 1. The average molecular weight is 205 g/mol. The number of aliphatic carboxylic acids is 1. The molecule has 0 heterocycles. The fourth-order valence-corrected chi connectivity index (χ4v) is 1.40. The zero-order valence-corrected chi connectivity index (χ0v) is 8.97. The first kappa shape index (κ1) is 11.3. The van der Waals surface area contributed by atoms with Crippen molar-refractivity contribution in [1.29, 1.82) is 0 Å². The largest absolute Gasteiger partial charge is 0.478 e. The minimum absolute atomic E-state index is 0.745. The quantitative estimate of drug-likeness (QED) is 0.767. The van der Waals surface area contributed by atoms with Gasteiger partial charge in [-0.15, -0.1) is 0 Å². The minimum atomic E-state index is -0.929. The van der Waals surface area contributed by atoms with Crippen LogP contribution in [0.25, 0.3) is 0 Å². The van der Waals surface area contributed by atoms with Gasteiger partial charge in [0.15, 0.2) is 0 Å². The molecule has 0 aliphatic rings. The first-order chi connectivity index (χ1) is 7.15. The monoisotopic (exact) mass is 205 g/mol. The van der Waals surface area contributed by atoms with E-state index in [9.17, 15) is 4.79 Å². The maximum Gasteiger partial charge on any atom is 0.329 e. The highest BCUT2D eigenvalue weighted by Gasteiger charge is 2.03. The van der Waals surface area contributed by atoms with Crippen LogP contribution in [0.3, 0.4) is 0 Å². The Balaban J connectivity index is 2.93. The van der Waals surface area contributed by atoms with E-state index in [-0.39, 0.29) is 0 Å². The first-order valence-electron chi connectivity index (χ1n) is 4.88. The van der Waals surface area contributed by atoms with Crippen molar-refractivity contribution in [2.24, 2.45) is 0 Å². The number of nitrogens with zero attached hydrogens (tertiary/aromatic N) is 1. The molecule has 0 aliphatic carbocycles. The highest BCUT2D eigenvalue weighted by atomic mass is 16.4. The van der Waals surface area contributed by atoms with Crippen LogP contribution in [0.15, 0.2) is 36.5 Å². The van der Waals surface area contributed by atoms with Crippen LogP contribution >= 0.6 is 0 Å². The van der Waals surface area contributed by atoms with Crippen LogP contribution < -0.4 is 4.90 Å². The number of carboxylic acids is 1. The maximum absolute atomic E-state index is 10.4. The number of hydrogen-bond acceptors (Lipinski definition) is 2. The van der Waals surface area contributed by atoms with Crippen molar-refractivity contribution in [1.82, 2.24) is 0 Å². The van der Waals surface area contributed by atoms with E-state index in [0.717, 1.165) is 23.9 Å². The number of carbonyl (C=O) groups is 1. The number of rotatable bonds is 4. The van der Waals surface area contributed by atoms with Crippen molar-refractivity contribution in [2.75, 3.05) is 11.4 Å². The number of aryl methyl sites for hydroxylation is 1. The van der Waals surface area contributed by atoms with Gasteiger partial charge >= 0.3 is 5.97 Å². The van der Waals surface area contributed by atoms with Gasteiger partial charge < -0.3 is 10.0 Å². The highest BCUT2D eigenvalue weighted by Crippen LogP contribution is 2.19. The summed E-state index contributed by atoms with van der Waals surface area (Å²) in [6.45, 7) is 4.74. The molecule has 0 fully saturated rings. The topological polar surface area (TPSA) is 40.5 Å². The summed E-state index contributed by atoms with van der Waals surface area (Å²) < 4.78 is 0. The van der Waals surface area contributed by atoms with Gasteiger partial charge in [0.05, 0.1) is 0 Å². The maximum atomic E-state index is 10.4. The number of carboxylic acid groups (broad SMARTS) is 1. The molecule has 80 valence electrons. The Kier molecular flexibility index (Phi) is 3.92. The molecule has 3 nitrogen and oxygen atoms in total. The number of para-hydroxylation sites is 1. The third kappa shape index (κ3) is 3.13. The second-order valence-corrected chi connectivity index (χ2v) is 3.23. The van der Waals surface area contributed by atoms with Crippen LogP contribution in [0.2, 0.25) is 0 Å². The Bertz CT molecular complexity index is 372. The lowest BCUT2D eigenvalue weighted by Gasteiger charge is -2.20. The van der Waals surface area contributed by atoms with E-state index in [1.807, 2.05) is 43.0 Å². The van der Waals surface area contributed by atoms with E-state index < -0.39 is 5.97 Å². The summed E-state index contributed by atoms with van der Waals surface area (Å²) in [6.07, 6.45) is 2.74. The zero-order valence-electron chi connectivity index (χ0n) is 8.97. The molecule has 0 aliphatic heterocycles. The van der Waals surface area contributed by atoms with Crippen LogP contribution in [-0.4, -0.2) is 17.6 Å². The summed E-state index contributed by atoms with van der Waals surface area (Å²) in [6, 6.07) is 7.89. The van der Waals surface area contributed by atoms with Gasteiger partial charge in [0, 0.05) is 24.5 Å². The molecule has 0 radical (unpaired) electrons. The predicted molar refractivity (Wildman–Crippen MR) is 61.0 cm³/mol. The second kappa shape index (κ2) is 5.20. The normalized spacial score (nSPS) is 10.5. The molecule has 0 unspecified atom stereocenters. The number of anilines is 1. The Labute approximate surface area is 89.6 Å². The lowest BCUT2D eigenvalue weighted by atomic mass is 10.2. The Morgan fingerprint density at radius 2 is 2.13 bits per heavy atom. The summed E-state index contributed by atoms with van der Waals surface area (Å²) in [5.41, 5.74) is 2.17. The van der Waals surface area contributed by atoms with E-state index in [1.165, 1.54) is 0 Å². The molecule has 0 saturated carbocycles. The molecule has 0 saturated heterocycles. The standard InChI is InChI=1S/C12H15NO2/c1-3-13(9-8-12(14)15)11-7-5-4-6-10(11)2/h4-9H,3H2,1-2H3,(H,14,15). The molecular weight excluding hydrogens is 190 g/mol. The Morgan fingerprint density at radius 1 is 1.47 bits per heavy atom. The lowest BCUT2D eigenvalue weighted by Crippen LogP contribution is -2.16. The predicted octanol–water partition coefficient (Wildman–Crippen LogP) is 2.42. The molecule has 1 N–H and O–H groups in total. The lowest BCUT2D eigenvalue weighted by molar-refractivity contribution is -0.131. The molecule has 0 bridgehead atoms. The van der Waals surface area contributed by atoms with Crippen LogP contribution in [0, 0.1) is 6.92 Å². The van der Waals surface area contributed by atoms with Gasteiger partial charge in [-0.1, -0.05) is 18.2 Å². The Morgan fingerprint density at radius 3 is 2.67 bits per heavy atom. The smallest absolute Gasteiger partial charge is 0.329 e. The van der Waals surface area contributed by atoms with Gasteiger partial charge in [-0.2, -0.15) is 0 Å². The van der Waals surface area contributed by atoms with E-state index in [4.69, 9.17) is 5.11 Å². The first-order valence-corrected chi connectivity index (χ1v) is 4.88. The Hall–Kier alpha value is -1.77. The zero-order chi connectivity index (χ0) is 11.3. The van der Waals surface area contributed by atoms with Crippen LogP contribution in [0.4, 0.5) is 5.69 Å². The fraction of sp³-hybridized carbons (Fsp3) is 0.250. The van der Waals surface area contributed by atoms with Crippen molar-refractivity contribution in [3.63, 3.8) is 0 Å². The molecule has 15 heavy (non-hydrogen) atoms. The van der Waals surface area contributed by atoms with Gasteiger partial charge in [0.25, 0.3) is 0 Å². The molecule has 1 aromatic rings. The summed E-state index contributed by atoms with van der Waals surface area (Å²) >= 11 is 0. The summed E-state index contributed by atoms with van der Waals surface area (Å²) in [5.74, 6) is -0.929. The molecular formula is C12H15NO2. The SMILES string of the molecule is CCN(C=CC(=O)O)c1ccccc1C. The van der Waals surface area contributed by atoms with E-state index in [2.05, 4.69) is 0 Å². The molecule has 3 heteroatoms. The van der Waals surface area contributed by atoms with Gasteiger partial charge in [-0.3, -0.25) is 0 Å². The van der Waals surface area contributed by atoms with Gasteiger partial charge in [-0.05, 0) is 25.5 Å². The van der Waals surface area contributed by atoms with Crippen molar-refractivity contribution in [3.8, 4) is 0 Å². The van der Waals surface area contributed by atoms with Crippen LogP contribution in [0.5, 0.6) is 0 Å². The molecule has 0 spiro atoms. The molecule has 0 amide bonds. The summed E-state index contributed by atoms with van der Waals surface area (Å²) in [4.78, 5) is 12.3. The van der Waals surface area contributed by atoms with Crippen molar-refractivity contribution >= 4 is 11.7 Å². The van der Waals surface area contributed by atoms with E-state index in [0.29, 0.717) is 0 Å². The second-order valence-electron chi connectivity index (χ2n) is 3.23.